The average molecular weight is 504 g/mol. The number of methoxy groups -OCH3 is 1. The molecule has 2 N–H and O–H groups in total. The second-order valence-electron chi connectivity index (χ2n) is 9.10. The summed E-state index contributed by atoms with van der Waals surface area (Å²) in [7, 11) is 1.55. The molecule has 188 valence electrons. The quantitative estimate of drug-likeness (QED) is 0.440. The van der Waals surface area contributed by atoms with Crippen molar-refractivity contribution in [1.29, 1.82) is 0 Å². The van der Waals surface area contributed by atoms with Crippen LogP contribution in [0.3, 0.4) is 0 Å². The van der Waals surface area contributed by atoms with Crippen LogP contribution in [0.15, 0.2) is 24.5 Å². The Morgan fingerprint density at radius 2 is 1.97 bits per heavy atom. The van der Waals surface area contributed by atoms with Gasteiger partial charge in [0.05, 0.1) is 37.6 Å². The Labute approximate surface area is 210 Å². The van der Waals surface area contributed by atoms with Gasteiger partial charge in [0.15, 0.2) is 11.5 Å². The molecule has 2 aromatic rings. The van der Waals surface area contributed by atoms with E-state index in [2.05, 4.69) is 30.2 Å². The van der Waals surface area contributed by atoms with E-state index in [1.54, 1.807) is 25.3 Å². The Kier molecular flexibility index (Phi) is 9.09. The Hall–Kier alpha value is -3.13. The molecule has 2 fully saturated rings. The molecule has 2 aliphatic heterocycles. The number of hydrogen-bond donors (Lipinski definition) is 2. The van der Waals surface area contributed by atoms with Crippen molar-refractivity contribution >= 4 is 35.3 Å². The van der Waals surface area contributed by atoms with Crippen LogP contribution in [0, 0.1) is 6.57 Å². The Morgan fingerprint density at radius 1 is 1.26 bits per heavy atom. The predicted octanol–water partition coefficient (Wildman–Crippen LogP) is 4.29. The first-order valence-corrected chi connectivity index (χ1v) is 11.5. The molecular weight excluding hydrogens is 474 g/mol. The molecule has 0 aliphatic carbocycles. The fraction of sp³-hybridized carbons (Fsp3) is 0.500. The number of fused-ring (bicyclic) bond motifs is 2. The predicted molar refractivity (Wildman–Crippen MR) is 132 cm³/mol. The Bertz CT molecular complexity index is 1040. The second-order valence-corrected chi connectivity index (χ2v) is 9.50. The van der Waals surface area contributed by atoms with Gasteiger partial charge in [0.2, 0.25) is 5.75 Å². The highest BCUT2D eigenvalue weighted by Gasteiger charge is 2.34. The van der Waals surface area contributed by atoms with Crippen molar-refractivity contribution in [2.24, 2.45) is 0 Å². The normalized spacial score (nSPS) is 21.0. The zero-order valence-corrected chi connectivity index (χ0v) is 21.0. The van der Waals surface area contributed by atoms with E-state index in [0.29, 0.717) is 65.6 Å². The summed E-state index contributed by atoms with van der Waals surface area (Å²) in [5.74, 6) is 1.25. The third-order valence-electron chi connectivity index (χ3n) is 5.19. The number of ether oxygens (including phenoxy) is 4. The van der Waals surface area contributed by atoms with Crippen LogP contribution in [0.2, 0.25) is 5.02 Å². The SMILES string of the molecule is CC(C)(C)OC=O.[C-]#[N+]c1ccc(Nc2ncnc(OC3CC4COCC(C3)N4)c2OC)c(Cl)c1. The summed E-state index contributed by atoms with van der Waals surface area (Å²) >= 11 is 6.26. The highest BCUT2D eigenvalue weighted by atomic mass is 35.5. The number of anilines is 2. The van der Waals surface area contributed by atoms with Crippen molar-refractivity contribution in [2.45, 2.75) is 57.4 Å². The number of carbonyl (C=O) groups is 1. The number of nitrogens with one attached hydrogen (secondary N) is 2. The average Bonchev–Trinajstić information content (AvgIpc) is 2.80. The molecule has 0 spiro atoms. The lowest BCUT2D eigenvalue weighted by molar-refractivity contribution is -0.138. The molecule has 0 amide bonds. The number of piperidine rings is 1. The lowest BCUT2D eigenvalue weighted by Gasteiger charge is -2.39. The molecule has 1 aromatic heterocycles. The van der Waals surface area contributed by atoms with Crippen LogP contribution in [0.1, 0.15) is 33.6 Å². The maximum Gasteiger partial charge on any atom is 0.293 e. The third kappa shape index (κ3) is 7.68. The van der Waals surface area contributed by atoms with Gasteiger partial charge in [0.25, 0.3) is 12.4 Å². The number of aromatic nitrogens is 2. The zero-order valence-electron chi connectivity index (χ0n) is 20.2. The summed E-state index contributed by atoms with van der Waals surface area (Å²) in [5.41, 5.74) is 0.766. The van der Waals surface area contributed by atoms with Crippen molar-refractivity contribution in [1.82, 2.24) is 15.3 Å². The van der Waals surface area contributed by atoms with E-state index in [1.807, 2.05) is 20.8 Å². The lowest BCUT2D eigenvalue weighted by atomic mass is 9.95. The van der Waals surface area contributed by atoms with Gasteiger partial charge in [-0.25, -0.2) is 9.83 Å². The van der Waals surface area contributed by atoms with Crippen LogP contribution in [-0.2, 0) is 14.3 Å². The van der Waals surface area contributed by atoms with Crippen molar-refractivity contribution in [3.63, 3.8) is 0 Å². The molecule has 2 unspecified atom stereocenters. The van der Waals surface area contributed by atoms with E-state index in [4.69, 9.17) is 32.4 Å². The van der Waals surface area contributed by atoms with Gasteiger partial charge in [-0.3, -0.25) is 4.79 Å². The first-order chi connectivity index (χ1) is 16.7. The van der Waals surface area contributed by atoms with Crippen LogP contribution in [0.5, 0.6) is 11.6 Å². The highest BCUT2D eigenvalue weighted by Crippen LogP contribution is 2.37. The first kappa shape index (κ1) is 26.5. The van der Waals surface area contributed by atoms with E-state index < -0.39 is 0 Å². The number of rotatable bonds is 6. The largest absolute Gasteiger partial charge is 0.489 e. The van der Waals surface area contributed by atoms with Gasteiger partial charge in [0.1, 0.15) is 18.0 Å². The fourth-order valence-electron chi connectivity index (χ4n) is 3.70. The minimum absolute atomic E-state index is 0.0262. The van der Waals surface area contributed by atoms with Gasteiger partial charge in [-0.2, -0.15) is 4.98 Å². The van der Waals surface area contributed by atoms with Crippen LogP contribution >= 0.6 is 11.6 Å². The number of halogens is 1. The molecule has 3 heterocycles. The standard InChI is InChI=1S/C19H20ClN5O3.C5H10O2/c1-21-11-3-4-16(15(20)7-11)25-18-17(26-2)19(23-10-22-18)28-14-5-12-8-27-9-13(6-14)24-12;1-5(2,3)7-4-6/h3-4,7,10,12-14,24H,5-6,8-9H2,2H3,(H,22,23,25);4H,1-3H3. The van der Waals surface area contributed by atoms with Crippen LogP contribution < -0.4 is 20.1 Å². The highest BCUT2D eigenvalue weighted by molar-refractivity contribution is 6.33. The smallest absolute Gasteiger partial charge is 0.293 e. The molecule has 2 bridgehead atoms. The number of benzene rings is 1. The van der Waals surface area contributed by atoms with Crippen molar-refractivity contribution in [3.05, 3.63) is 41.0 Å². The summed E-state index contributed by atoms with van der Waals surface area (Å²) in [6.45, 7) is 14.4. The molecule has 2 saturated heterocycles. The Balaban J connectivity index is 0.000000429. The molecular formula is C24H30ClN5O5. The van der Waals surface area contributed by atoms with Gasteiger partial charge in [0, 0.05) is 24.9 Å². The topological polar surface area (TPSA) is 108 Å². The van der Waals surface area contributed by atoms with E-state index in [1.165, 1.54) is 6.33 Å². The molecule has 1 aromatic carbocycles. The van der Waals surface area contributed by atoms with E-state index in [-0.39, 0.29) is 11.7 Å². The van der Waals surface area contributed by atoms with Gasteiger partial charge < -0.3 is 29.6 Å². The number of nitrogens with zero attached hydrogens (tertiary/aromatic N) is 3. The molecule has 2 atom stereocenters. The van der Waals surface area contributed by atoms with Crippen molar-refractivity contribution < 1.29 is 23.7 Å². The molecule has 10 nitrogen and oxygen atoms in total. The fourth-order valence-corrected chi connectivity index (χ4v) is 3.92. The van der Waals surface area contributed by atoms with E-state index in [9.17, 15) is 4.79 Å². The van der Waals surface area contributed by atoms with Gasteiger partial charge in [-0.05, 0) is 32.9 Å². The summed E-state index contributed by atoms with van der Waals surface area (Å²) < 4.78 is 21.8. The molecule has 0 saturated carbocycles. The monoisotopic (exact) mass is 503 g/mol. The van der Waals surface area contributed by atoms with E-state index >= 15 is 0 Å². The number of carbonyl (C=O) groups excluding carboxylic acids is 1. The first-order valence-electron chi connectivity index (χ1n) is 11.2. The minimum Gasteiger partial charge on any atom is -0.489 e. The van der Waals surface area contributed by atoms with Crippen molar-refractivity contribution in [3.8, 4) is 11.6 Å². The maximum atomic E-state index is 9.60. The summed E-state index contributed by atoms with van der Waals surface area (Å²) in [4.78, 5) is 21.5. The molecule has 2 aliphatic rings. The molecule has 35 heavy (non-hydrogen) atoms. The molecule has 4 rings (SSSR count). The zero-order chi connectivity index (χ0) is 25.4. The van der Waals surface area contributed by atoms with Crippen molar-refractivity contribution in [2.75, 3.05) is 25.6 Å². The van der Waals surface area contributed by atoms with Crippen LogP contribution in [0.25, 0.3) is 4.85 Å². The van der Waals surface area contributed by atoms with E-state index in [0.717, 1.165) is 12.8 Å². The van der Waals surface area contributed by atoms with Gasteiger partial charge >= 0.3 is 0 Å². The summed E-state index contributed by atoms with van der Waals surface area (Å²) in [6.07, 6.45) is 3.14. The van der Waals surface area contributed by atoms with Crippen LogP contribution in [-0.4, -0.2) is 60.6 Å². The number of morpholine rings is 1. The molecule has 11 heteroatoms. The maximum absolute atomic E-state index is 9.60. The van der Waals surface area contributed by atoms with Crippen LogP contribution in [0.4, 0.5) is 17.2 Å². The summed E-state index contributed by atoms with van der Waals surface area (Å²) in [6, 6.07) is 5.59. The van der Waals surface area contributed by atoms with Gasteiger partial charge in [-0.15, -0.1) is 0 Å². The third-order valence-corrected chi connectivity index (χ3v) is 5.51. The Morgan fingerprint density at radius 3 is 2.51 bits per heavy atom. The molecule has 0 radical (unpaired) electrons. The second kappa shape index (κ2) is 12.0. The number of hydrogen-bond acceptors (Lipinski definition) is 9. The van der Waals surface area contributed by atoms with Gasteiger partial charge in [-0.1, -0.05) is 17.7 Å². The summed E-state index contributed by atoms with van der Waals surface area (Å²) in [5, 5.41) is 7.10. The minimum atomic E-state index is -0.318. The lowest BCUT2D eigenvalue weighted by Crippen LogP contribution is -2.56.